The van der Waals surface area contributed by atoms with Gasteiger partial charge in [0.15, 0.2) is 0 Å². The van der Waals surface area contributed by atoms with E-state index in [0.29, 0.717) is 32.8 Å². The maximum absolute atomic E-state index is 11.0. The van der Waals surface area contributed by atoms with E-state index in [1.807, 2.05) is 54.6 Å². The lowest BCUT2D eigenvalue weighted by atomic mass is 9.87. The molecule has 28 heavy (non-hydrogen) atoms. The Morgan fingerprint density at radius 1 is 1.07 bits per heavy atom. The Labute approximate surface area is 165 Å². The quantitative estimate of drug-likeness (QED) is 0.680. The van der Waals surface area contributed by atoms with Crippen LogP contribution in [0.3, 0.4) is 0 Å². The van der Waals surface area contributed by atoms with Crippen molar-refractivity contribution in [2.24, 2.45) is 0 Å². The third-order valence-electron chi connectivity index (χ3n) is 4.97. The van der Waals surface area contributed by atoms with E-state index in [1.165, 1.54) is 4.90 Å². The van der Waals surface area contributed by atoms with Gasteiger partial charge in [-0.1, -0.05) is 42.5 Å². The number of carbonyl (C=O) groups is 1. The highest BCUT2D eigenvalue weighted by atomic mass is 16.5. The second-order valence-electron chi connectivity index (χ2n) is 7.00. The molecule has 0 radical (unpaired) electrons. The van der Waals surface area contributed by atoms with Crippen molar-refractivity contribution < 1.29 is 24.5 Å². The van der Waals surface area contributed by atoms with Crippen LogP contribution in [0.4, 0.5) is 4.79 Å². The fourth-order valence-electron chi connectivity index (χ4n) is 3.42. The molecular formula is C22H27NO5. The zero-order chi connectivity index (χ0) is 19.8. The molecule has 2 aromatic rings. The fraction of sp³-hybridized carbons (Fsp3) is 0.409. The zero-order valence-electron chi connectivity index (χ0n) is 15.9. The van der Waals surface area contributed by atoms with Crippen molar-refractivity contribution in [3.8, 4) is 5.75 Å². The summed E-state index contributed by atoms with van der Waals surface area (Å²) < 4.78 is 11.4. The summed E-state index contributed by atoms with van der Waals surface area (Å²) in [4.78, 5) is 12.3. The Hall–Kier alpha value is -2.57. The van der Waals surface area contributed by atoms with Gasteiger partial charge in [0.05, 0.1) is 32.5 Å². The van der Waals surface area contributed by atoms with Crippen LogP contribution in [-0.4, -0.2) is 53.6 Å². The topological polar surface area (TPSA) is 79.2 Å². The van der Waals surface area contributed by atoms with Gasteiger partial charge in [0.25, 0.3) is 0 Å². The Morgan fingerprint density at radius 3 is 2.50 bits per heavy atom. The average Bonchev–Trinajstić information content (AvgIpc) is 2.72. The number of β-amino-alcohol motifs (C(OH)–C–C–N with tert-alkyl or cyclic N) is 1. The molecule has 6 heteroatoms. The van der Waals surface area contributed by atoms with E-state index in [2.05, 4.69) is 0 Å². The van der Waals surface area contributed by atoms with Gasteiger partial charge in [-0.15, -0.1) is 0 Å². The molecular weight excluding hydrogens is 358 g/mol. The second-order valence-corrected chi connectivity index (χ2v) is 7.00. The van der Waals surface area contributed by atoms with Crippen LogP contribution in [-0.2, 0) is 11.3 Å². The van der Waals surface area contributed by atoms with Crippen molar-refractivity contribution in [3.05, 3.63) is 65.7 Å². The highest BCUT2D eigenvalue weighted by Crippen LogP contribution is 2.29. The van der Waals surface area contributed by atoms with Crippen LogP contribution in [0.1, 0.15) is 29.9 Å². The molecule has 0 aromatic heterocycles. The first kappa shape index (κ1) is 20.2. The summed E-state index contributed by atoms with van der Waals surface area (Å²) in [5.41, 5.74) is 2.17. The van der Waals surface area contributed by atoms with E-state index < -0.39 is 12.2 Å². The molecule has 0 spiro atoms. The maximum Gasteiger partial charge on any atom is 0.407 e. The molecule has 3 rings (SSSR count). The number of carboxylic acid groups (broad SMARTS) is 1. The first-order valence-corrected chi connectivity index (χ1v) is 9.64. The van der Waals surface area contributed by atoms with Gasteiger partial charge in [0.2, 0.25) is 0 Å². The monoisotopic (exact) mass is 385 g/mol. The third kappa shape index (κ3) is 5.71. The summed E-state index contributed by atoms with van der Waals surface area (Å²) >= 11 is 0. The van der Waals surface area contributed by atoms with E-state index in [-0.39, 0.29) is 12.5 Å². The molecule has 2 unspecified atom stereocenters. The van der Waals surface area contributed by atoms with Crippen molar-refractivity contribution in [2.75, 3.05) is 26.3 Å². The number of hydrogen-bond acceptors (Lipinski definition) is 4. The molecule has 0 bridgehead atoms. The van der Waals surface area contributed by atoms with Gasteiger partial charge in [-0.05, 0) is 29.7 Å². The van der Waals surface area contributed by atoms with Gasteiger partial charge >= 0.3 is 6.09 Å². The van der Waals surface area contributed by atoms with E-state index in [0.717, 1.165) is 23.3 Å². The Bertz CT molecular complexity index is 734. The van der Waals surface area contributed by atoms with Gasteiger partial charge in [-0.3, -0.25) is 0 Å². The number of aliphatic hydroxyl groups is 1. The Kier molecular flexibility index (Phi) is 7.28. The van der Waals surface area contributed by atoms with Crippen LogP contribution in [0.2, 0.25) is 0 Å². The number of benzene rings is 2. The fourth-order valence-corrected chi connectivity index (χ4v) is 3.42. The van der Waals surface area contributed by atoms with Crippen LogP contribution in [0, 0.1) is 0 Å². The number of nitrogens with zero attached hydrogens (tertiary/aromatic N) is 1. The summed E-state index contributed by atoms with van der Waals surface area (Å²) in [5.74, 6) is 0.736. The largest absolute Gasteiger partial charge is 0.494 e. The predicted molar refractivity (Wildman–Crippen MR) is 106 cm³/mol. The zero-order valence-corrected chi connectivity index (χ0v) is 15.9. The number of rotatable bonds is 8. The summed E-state index contributed by atoms with van der Waals surface area (Å²) in [6.07, 6.45) is -0.236. The lowest BCUT2D eigenvalue weighted by Crippen LogP contribution is -2.45. The number of hydrogen-bond donors (Lipinski definition) is 2. The van der Waals surface area contributed by atoms with Crippen LogP contribution in [0.15, 0.2) is 54.6 Å². The molecule has 6 nitrogen and oxygen atoms in total. The number of aliphatic hydroxyl groups excluding tert-OH is 1. The van der Waals surface area contributed by atoms with E-state index >= 15 is 0 Å². The van der Waals surface area contributed by atoms with Gasteiger partial charge in [0.1, 0.15) is 5.75 Å². The summed E-state index contributed by atoms with van der Waals surface area (Å²) in [5, 5.41) is 19.3. The molecule has 0 aliphatic carbocycles. The van der Waals surface area contributed by atoms with Crippen molar-refractivity contribution >= 4 is 6.09 Å². The van der Waals surface area contributed by atoms with Crippen LogP contribution in [0.5, 0.6) is 5.75 Å². The second kappa shape index (κ2) is 10.1. The highest BCUT2D eigenvalue weighted by molar-refractivity contribution is 5.65. The standard InChI is InChI=1S/C22H27NO5/c24-21-15-23(22(25)26)12-11-20(21)18-7-9-19(10-8-18)28-14-4-13-27-16-17-5-2-1-3-6-17/h1-3,5-10,20-21,24H,4,11-16H2,(H,25,26). The van der Waals surface area contributed by atoms with Crippen molar-refractivity contribution in [3.63, 3.8) is 0 Å². The molecule has 1 saturated heterocycles. The smallest absolute Gasteiger partial charge is 0.407 e. The van der Waals surface area contributed by atoms with Crippen LogP contribution >= 0.6 is 0 Å². The molecule has 1 amide bonds. The maximum atomic E-state index is 11.0. The third-order valence-corrected chi connectivity index (χ3v) is 4.97. The van der Waals surface area contributed by atoms with Crippen LogP contribution < -0.4 is 4.74 Å². The molecule has 1 fully saturated rings. The molecule has 2 aromatic carbocycles. The molecule has 1 aliphatic rings. The number of ether oxygens (including phenoxy) is 2. The Morgan fingerprint density at radius 2 is 1.82 bits per heavy atom. The minimum atomic E-state index is -0.978. The summed E-state index contributed by atoms with van der Waals surface area (Å²) in [6, 6.07) is 17.8. The summed E-state index contributed by atoms with van der Waals surface area (Å²) in [6.45, 7) is 2.42. The lowest BCUT2D eigenvalue weighted by molar-refractivity contribution is 0.0504. The lowest BCUT2D eigenvalue weighted by Gasteiger charge is -2.34. The minimum Gasteiger partial charge on any atom is -0.494 e. The first-order valence-electron chi connectivity index (χ1n) is 9.64. The summed E-state index contributed by atoms with van der Waals surface area (Å²) in [7, 11) is 0. The van der Waals surface area contributed by atoms with Gasteiger partial charge in [0, 0.05) is 18.9 Å². The van der Waals surface area contributed by atoms with Gasteiger partial charge in [-0.2, -0.15) is 0 Å². The first-order chi connectivity index (χ1) is 13.6. The Balaban J connectivity index is 1.37. The van der Waals surface area contributed by atoms with E-state index in [4.69, 9.17) is 14.6 Å². The van der Waals surface area contributed by atoms with Gasteiger partial charge < -0.3 is 24.6 Å². The predicted octanol–water partition coefficient (Wildman–Crippen LogP) is 3.50. The van der Waals surface area contributed by atoms with Crippen LogP contribution in [0.25, 0.3) is 0 Å². The van der Waals surface area contributed by atoms with Crippen molar-refractivity contribution in [2.45, 2.75) is 31.5 Å². The minimum absolute atomic E-state index is 0.0453. The van der Waals surface area contributed by atoms with Crippen molar-refractivity contribution in [1.29, 1.82) is 0 Å². The van der Waals surface area contributed by atoms with Gasteiger partial charge in [-0.25, -0.2) is 4.79 Å². The molecule has 1 aliphatic heterocycles. The number of amides is 1. The van der Waals surface area contributed by atoms with Crippen molar-refractivity contribution in [1.82, 2.24) is 4.90 Å². The number of piperidine rings is 1. The average molecular weight is 385 g/mol. The molecule has 1 heterocycles. The normalized spacial score (nSPS) is 19.4. The molecule has 0 saturated carbocycles. The molecule has 150 valence electrons. The molecule has 2 atom stereocenters. The van der Waals surface area contributed by atoms with E-state index in [9.17, 15) is 9.90 Å². The van der Waals surface area contributed by atoms with E-state index in [1.54, 1.807) is 0 Å². The number of likely N-dealkylation sites (tertiary alicyclic amines) is 1. The SMILES string of the molecule is O=C(O)N1CCC(c2ccc(OCCCOCc3ccccc3)cc2)C(O)C1. The highest BCUT2D eigenvalue weighted by Gasteiger charge is 2.30. The molecule has 2 N–H and O–H groups in total.